The SMILES string of the molecule is CCOC(=O)c1c(NC(=S)NCc2ccc(Cl)cc2Cl)sc(C)c1-c1ccccc1. The van der Waals surface area contributed by atoms with Gasteiger partial charge in [0.2, 0.25) is 0 Å². The van der Waals surface area contributed by atoms with Gasteiger partial charge in [-0.25, -0.2) is 4.79 Å². The van der Waals surface area contributed by atoms with Crippen LogP contribution in [0.15, 0.2) is 48.5 Å². The van der Waals surface area contributed by atoms with Crippen LogP contribution in [0.5, 0.6) is 0 Å². The first-order valence-corrected chi connectivity index (χ1v) is 11.2. The molecule has 0 bridgehead atoms. The first kappa shape index (κ1) is 22.6. The number of benzene rings is 2. The minimum Gasteiger partial charge on any atom is -0.462 e. The molecule has 156 valence electrons. The molecule has 1 heterocycles. The third-order valence-electron chi connectivity index (χ3n) is 4.31. The van der Waals surface area contributed by atoms with Crippen LogP contribution in [-0.4, -0.2) is 17.7 Å². The van der Waals surface area contributed by atoms with E-state index in [0.717, 1.165) is 21.6 Å². The van der Waals surface area contributed by atoms with Crippen LogP contribution >= 0.6 is 46.8 Å². The van der Waals surface area contributed by atoms with E-state index < -0.39 is 0 Å². The van der Waals surface area contributed by atoms with Crippen molar-refractivity contribution in [2.24, 2.45) is 0 Å². The number of thiophene rings is 1. The Labute approximate surface area is 195 Å². The van der Waals surface area contributed by atoms with Gasteiger partial charge in [0.15, 0.2) is 5.11 Å². The van der Waals surface area contributed by atoms with Gasteiger partial charge in [0, 0.05) is 27.0 Å². The van der Waals surface area contributed by atoms with Gasteiger partial charge in [-0.2, -0.15) is 0 Å². The highest BCUT2D eigenvalue weighted by molar-refractivity contribution is 7.80. The van der Waals surface area contributed by atoms with Crippen molar-refractivity contribution in [1.82, 2.24) is 5.32 Å². The van der Waals surface area contributed by atoms with E-state index in [-0.39, 0.29) is 5.97 Å². The molecule has 30 heavy (non-hydrogen) atoms. The van der Waals surface area contributed by atoms with Crippen LogP contribution < -0.4 is 10.6 Å². The van der Waals surface area contributed by atoms with Gasteiger partial charge >= 0.3 is 5.97 Å². The van der Waals surface area contributed by atoms with E-state index in [2.05, 4.69) is 10.6 Å². The topological polar surface area (TPSA) is 50.4 Å². The summed E-state index contributed by atoms with van der Waals surface area (Å²) in [6.07, 6.45) is 0. The maximum absolute atomic E-state index is 12.8. The van der Waals surface area contributed by atoms with Crippen molar-refractivity contribution in [3.05, 3.63) is 74.6 Å². The highest BCUT2D eigenvalue weighted by Crippen LogP contribution is 2.40. The molecule has 0 aliphatic carbocycles. The maximum Gasteiger partial charge on any atom is 0.341 e. The Morgan fingerprint density at radius 1 is 1.17 bits per heavy atom. The summed E-state index contributed by atoms with van der Waals surface area (Å²) in [6.45, 7) is 4.48. The van der Waals surface area contributed by atoms with Crippen molar-refractivity contribution in [2.45, 2.75) is 20.4 Å². The Hall–Kier alpha value is -2.12. The maximum atomic E-state index is 12.8. The minimum absolute atomic E-state index is 0.291. The van der Waals surface area contributed by atoms with Crippen LogP contribution in [0.4, 0.5) is 5.00 Å². The zero-order valence-corrected chi connectivity index (χ0v) is 19.6. The van der Waals surface area contributed by atoms with Gasteiger partial charge in [0.25, 0.3) is 0 Å². The molecule has 1 aromatic heterocycles. The number of ether oxygens (including phenoxy) is 1. The molecule has 0 saturated carbocycles. The molecular formula is C22H20Cl2N2O2S2. The number of thiocarbonyl (C=S) groups is 1. The molecule has 4 nitrogen and oxygen atoms in total. The quantitative estimate of drug-likeness (QED) is 0.305. The predicted octanol–water partition coefficient (Wildman–Crippen LogP) is 6.69. The van der Waals surface area contributed by atoms with Gasteiger partial charge < -0.3 is 15.4 Å². The molecule has 0 aliphatic rings. The molecule has 2 aromatic carbocycles. The second kappa shape index (κ2) is 10.3. The predicted molar refractivity (Wildman–Crippen MR) is 130 cm³/mol. The number of rotatable bonds is 6. The summed E-state index contributed by atoms with van der Waals surface area (Å²) < 4.78 is 5.32. The van der Waals surface area contributed by atoms with Gasteiger partial charge in [-0.05, 0) is 49.3 Å². The van der Waals surface area contributed by atoms with Crippen molar-refractivity contribution in [2.75, 3.05) is 11.9 Å². The highest BCUT2D eigenvalue weighted by atomic mass is 35.5. The fourth-order valence-corrected chi connectivity index (χ4v) is 4.75. The van der Waals surface area contributed by atoms with Crippen LogP contribution in [0.3, 0.4) is 0 Å². The van der Waals surface area contributed by atoms with E-state index in [1.807, 2.05) is 43.3 Å². The van der Waals surface area contributed by atoms with Gasteiger partial charge in [-0.3, -0.25) is 0 Å². The van der Waals surface area contributed by atoms with E-state index in [0.29, 0.717) is 38.9 Å². The molecular weight excluding hydrogens is 459 g/mol. The second-order valence-electron chi connectivity index (χ2n) is 6.37. The smallest absolute Gasteiger partial charge is 0.341 e. The fraction of sp³-hybridized carbons (Fsp3) is 0.182. The van der Waals surface area contributed by atoms with Crippen molar-refractivity contribution in [3.8, 4) is 11.1 Å². The molecule has 0 aliphatic heterocycles. The number of nitrogens with one attached hydrogen (secondary N) is 2. The number of halogens is 2. The minimum atomic E-state index is -0.383. The average Bonchev–Trinajstić information content (AvgIpc) is 3.03. The zero-order valence-electron chi connectivity index (χ0n) is 16.4. The summed E-state index contributed by atoms with van der Waals surface area (Å²) in [5.41, 5.74) is 3.15. The molecule has 0 radical (unpaired) electrons. The lowest BCUT2D eigenvalue weighted by Crippen LogP contribution is -2.28. The van der Waals surface area contributed by atoms with Crippen molar-refractivity contribution in [1.29, 1.82) is 0 Å². The fourth-order valence-electron chi connectivity index (χ4n) is 2.97. The van der Waals surface area contributed by atoms with E-state index in [1.165, 1.54) is 11.3 Å². The van der Waals surface area contributed by atoms with Crippen LogP contribution in [0.1, 0.15) is 27.7 Å². The summed E-state index contributed by atoms with van der Waals surface area (Å²) in [5.74, 6) is -0.383. The number of carbonyl (C=O) groups is 1. The first-order chi connectivity index (χ1) is 14.4. The van der Waals surface area contributed by atoms with Crippen LogP contribution in [-0.2, 0) is 11.3 Å². The lowest BCUT2D eigenvalue weighted by atomic mass is 10.0. The zero-order chi connectivity index (χ0) is 21.7. The van der Waals surface area contributed by atoms with Gasteiger partial charge in [-0.1, -0.05) is 59.6 Å². The largest absolute Gasteiger partial charge is 0.462 e. The molecule has 0 fully saturated rings. The third kappa shape index (κ3) is 5.32. The monoisotopic (exact) mass is 478 g/mol. The number of hydrogen-bond donors (Lipinski definition) is 2. The second-order valence-corrected chi connectivity index (χ2v) is 8.84. The van der Waals surface area contributed by atoms with Crippen molar-refractivity contribution >= 4 is 62.8 Å². The van der Waals surface area contributed by atoms with E-state index in [9.17, 15) is 4.79 Å². The van der Waals surface area contributed by atoms with E-state index in [1.54, 1.807) is 19.1 Å². The standard InChI is InChI=1S/C22H20Cl2N2O2S2/c1-3-28-21(27)19-18(14-7-5-4-6-8-14)13(2)30-20(19)26-22(29)25-12-15-9-10-16(23)11-17(15)24/h4-11H,3,12H2,1-2H3,(H2,25,26,29). The molecule has 0 spiro atoms. The molecule has 0 atom stereocenters. The summed E-state index contributed by atoms with van der Waals surface area (Å²) in [7, 11) is 0. The lowest BCUT2D eigenvalue weighted by molar-refractivity contribution is 0.0529. The van der Waals surface area contributed by atoms with Crippen LogP contribution in [0.2, 0.25) is 10.0 Å². The third-order valence-corrected chi connectivity index (χ3v) is 6.16. The van der Waals surface area contributed by atoms with Crippen molar-refractivity contribution < 1.29 is 9.53 Å². The first-order valence-electron chi connectivity index (χ1n) is 9.25. The normalized spacial score (nSPS) is 10.5. The summed E-state index contributed by atoms with van der Waals surface area (Å²) in [5, 5.41) is 8.43. The van der Waals surface area contributed by atoms with Crippen molar-refractivity contribution in [3.63, 3.8) is 0 Å². The Morgan fingerprint density at radius 3 is 2.57 bits per heavy atom. The number of anilines is 1. The molecule has 0 saturated heterocycles. The van der Waals surface area contributed by atoms with E-state index in [4.69, 9.17) is 40.2 Å². The van der Waals surface area contributed by atoms with Crippen LogP contribution in [0.25, 0.3) is 11.1 Å². The Morgan fingerprint density at radius 2 is 1.90 bits per heavy atom. The summed E-state index contributed by atoms with van der Waals surface area (Å²) in [4.78, 5) is 13.8. The number of carbonyl (C=O) groups excluding carboxylic acids is 1. The Kier molecular flexibility index (Phi) is 7.72. The average molecular weight is 479 g/mol. The van der Waals surface area contributed by atoms with Gasteiger partial charge in [0.1, 0.15) is 10.6 Å². The molecule has 3 aromatic rings. The summed E-state index contributed by atoms with van der Waals surface area (Å²) >= 11 is 19.1. The number of hydrogen-bond acceptors (Lipinski definition) is 4. The summed E-state index contributed by atoms with van der Waals surface area (Å²) in [6, 6.07) is 15.1. The van der Waals surface area contributed by atoms with Gasteiger partial charge in [0.05, 0.1) is 6.61 Å². The molecule has 3 rings (SSSR count). The number of esters is 1. The molecule has 0 amide bonds. The lowest BCUT2D eigenvalue weighted by Gasteiger charge is -2.12. The Bertz CT molecular complexity index is 1070. The van der Waals surface area contributed by atoms with E-state index >= 15 is 0 Å². The Balaban J connectivity index is 1.84. The van der Waals surface area contributed by atoms with Crippen LogP contribution in [0, 0.1) is 6.92 Å². The molecule has 8 heteroatoms. The highest BCUT2D eigenvalue weighted by Gasteiger charge is 2.24. The molecule has 2 N–H and O–H groups in total. The van der Waals surface area contributed by atoms with Gasteiger partial charge in [-0.15, -0.1) is 11.3 Å². The number of aryl methyl sites for hydroxylation is 1. The molecule has 0 unspecified atom stereocenters.